The summed E-state index contributed by atoms with van der Waals surface area (Å²) < 4.78 is 5.63. The van der Waals surface area contributed by atoms with Crippen LogP contribution in [-0.2, 0) is 5.60 Å². The third-order valence-electron chi connectivity index (χ3n) is 3.93. The Bertz CT molecular complexity index is 383. The Morgan fingerprint density at radius 2 is 2.00 bits per heavy atom. The van der Waals surface area contributed by atoms with Crippen molar-refractivity contribution < 1.29 is 9.84 Å². The van der Waals surface area contributed by atoms with Gasteiger partial charge in [-0.25, -0.2) is 0 Å². The van der Waals surface area contributed by atoms with Gasteiger partial charge in [-0.1, -0.05) is 25.5 Å². The van der Waals surface area contributed by atoms with E-state index in [9.17, 15) is 5.11 Å². The quantitative estimate of drug-likeness (QED) is 0.876. The zero-order valence-electron chi connectivity index (χ0n) is 11.6. The van der Waals surface area contributed by atoms with Crippen LogP contribution in [0.4, 0.5) is 0 Å². The normalized spacial score (nSPS) is 27.7. The molecule has 18 heavy (non-hydrogen) atoms. The number of aliphatic hydroxyl groups is 1. The number of hydrogen-bond acceptors (Lipinski definition) is 2. The fraction of sp³-hybridized carbons (Fsp3) is 0.625. The summed E-state index contributed by atoms with van der Waals surface area (Å²) in [6.07, 6.45) is 4.27. The molecule has 0 bridgehead atoms. The Morgan fingerprint density at radius 1 is 1.33 bits per heavy atom. The first-order chi connectivity index (χ1) is 8.53. The minimum Gasteiger partial charge on any atom is -0.491 e. The Kier molecular flexibility index (Phi) is 3.96. The van der Waals surface area contributed by atoms with Crippen LogP contribution in [0.3, 0.4) is 0 Å². The van der Waals surface area contributed by atoms with E-state index in [1.807, 2.05) is 38.1 Å². The van der Waals surface area contributed by atoms with Crippen molar-refractivity contribution in [3.05, 3.63) is 29.8 Å². The highest BCUT2D eigenvalue weighted by atomic mass is 16.5. The van der Waals surface area contributed by atoms with Gasteiger partial charge in [0.05, 0.1) is 11.7 Å². The van der Waals surface area contributed by atoms with Crippen LogP contribution in [-0.4, -0.2) is 11.2 Å². The lowest BCUT2D eigenvalue weighted by Gasteiger charge is -2.24. The molecule has 100 valence electrons. The molecular weight excluding hydrogens is 224 g/mol. The molecule has 2 rings (SSSR count). The van der Waals surface area contributed by atoms with Gasteiger partial charge < -0.3 is 9.84 Å². The number of hydrogen-bond donors (Lipinski definition) is 1. The molecule has 0 radical (unpaired) electrons. The highest BCUT2D eigenvalue weighted by Crippen LogP contribution is 2.43. The molecule has 1 N–H and O–H groups in total. The van der Waals surface area contributed by atoms with Crippen LogP contribution >= 0.6 is 0 Å². The summed E-state index contributed by atoms with van der Waals surface area (Å²) in [6.45, 7) is 6.24. The Labute approximate surface area is 110 Å². The van der Waals surface area contributed by atoms with Crippen molar-refractivity contribution in [2.24, 2.45) is 5.92 Å². The molecule has 1 saturated carbocycles. The van der Waals surface area contributed by atoms with Gasteiger partial charge in [0.15, 0.2) is 0 Å². The van der Waals surface area contributed by atoms with Crippen molar-refractivity contribution in [3.8, 4) is 5.75 Å². The third kappa shape index (κ3) is 2.86. The molecule has 1 aromatic rings. The van der Waals surface area contributed by atoms with Gasteiger partial charge in [0.25, 0.3) is 0 Å². The monoisotopic (exact) mass is 248 g/mol. The standard InChI is InChI=1S/C16H24O2/c1-4-13-9-10-16(17,11-13)14-5-7-15(8-6-14)18-12(2)3/h5-8,12-13,17H,4,9-11H2,1-3H3. The van der Waals surface area contributed by atoms with Crippen molar-refractivity contribution >= 4 is 0 Å². The second-order valence-corrected chi connectivity index (χ2v) is 5.74. The topological polar surface area (TPSA) is 29.5 Å². The number of ether oxygens (including phenoxy) is 1. The summed E-state index contributed by atoms with van der Waals surface area (Å²) in [5, 5.41) is 10.7. The molecule has 2 heteroatoms. The molecule has 2 nitrogen and oxygen atoms in total. The zero-order valence-corrected chi connectivity index (χ0v) is 11.6. The first kappa shape index (κ1) is 13.4. The van der Waals surface area contributed by atoms with Crippen LogP contribution in [0.25, 0.3) is 0 Å². The van der Waals surface area contributed by atoms with Gasteiger partial charge >= 0.3 is 0 Å². The average molecular weight is 248 g/mol. The van der Waals surface area contributed by atoms with Crippen LogP contribution in [0.5, 0.6) is 5.75 Å². The minimum atomic E-state index is -0.614. The zero-order chi connectivity index (χ0) is 13.2. The molecule has 1 aromatic carbocycles. The van der Waals surface area contributed by atoms with Gasteiger partial charge in [-0.3, -0.25) is 0 Å². The maximum absolute atomic E-state index is 10.7. The molecule has 0 amide bonds. The van der Waals surface area contributed by atoms with Crippen LogP contribution in [0, 0.1) is 5.92 Å². The van der Waals surface area contributed by atoms with Crippen LogP contribution in [0.1, 0.15) is 52.0 Å². The highest BCUT2D eigenvalue weighted by molar-refractivity contribution is 5.31. The summed E-state index contributed by atoms with van der Waals surface area (Å²) in [4.78, 5) is 0. The molecule has 2 unspecified atom stereocenters. The first-order valence-electron chi connectivity index (χ1n) is 7.03. The van der Waals surface area contributed by atoms with E-state index >= 15 is 0 Å². The SMILES string of the molecule is CCC1CCC(O)(c2ccc(OC(C)C)cc2)C1. The van der Waals surface area contributed by atoms with E-state index in [0.717, 1.165) is 37.0 Å². The number of rotatable bonds is 4. The summed E-state index contributed by atoms with van der Waals surface area (Å²) in [5.41, 5.74) is 0.423. The van der Waals surface area contributed by atoms with Crippen LogP contribution in [0.15, 0.2) is 24.3 Å². The Balaban J connectivity index is 2.10. The Morgan fingerprint density at radius 3 is 2.50 bits per heavy atom. The second-order valence-electron chi connectivity index (χ2n) is 5.74. The van der Waals surface area contributed by atoms with Gasteiger partial charge in [-0.2, -0.15) is 0 Å². The van der Waals surface area contributed by atoms with Crippen molar-refractivity contribution in [2.45, 2.75) is 58.2 Å². The first-order valence-corrected chi connectivity index (χ1v) is 7.03. The molecule has 0 heterocycles. The summed E-state index contributed by atoms with van der Waals surface area (Å²) >= 11 is 0. The Hall–Kier alpha value is -1.02. The lowest BCUT2D eigenvalue weighted by atomic mass is 9.90. The fourth-order valence-corrected chi connectivity index (χ4v) is 2.85. The van der Waals surface area contributed by atoms with E-state index in [0.29, 0.717) is 5.92 Å². The second kappa shape index (κ2) is 5.31. The molecule has 0 saturated heterocycles. The predicted octanol–water partition coefficient (Wildman–Crippen LogP) is 3.87. The van der Waals surface area contributed by atoms with Gasteiger partial charge in [-0.05, 0) is 56.7 Å². The molecule has 0 aliphatic heterocycles. The van der Waals surface area contributed by atoms with Crippen molar-refractivity contribution in [3.63, 3.8) is 0 Å². The van der Waals surface area contributed by atoms with E-state index < -0.39 is 5.60 Å². The predicted molar refractivity (Wildman–Crippen MR) is 73.7 cm³/mol. The van der Waals surface area contributed by atoms with E-state index in [2.05, 4.69) is 6.92 Å². The van der Waals surface area contributed by atoms with Crippen molar-refractivity contribution in [2.75, 3.05) is 0 Å². The summed E-state index contributed by atoms with van der Waals surface area (Å²) in [5.74, 6) is 1.55. The van der Waals surface area contributed by atoms with Gasteiger partial charge in [-0.15, -0.1) is 0 Å². The largest absolute Gasteiger partial charge is 0.491 e. The fourth-order valence-electron chi connectivity index (χ4n) is 2.85. The maximum Gasteiger partial charge on any atom is 0.119 e. The minimum absolute atomic E-state index is 0.190. The molecule has 2 atom stereocenters. The van der Waals surface area contributed by atoms with E-state index in [-0.39, 0.29) is 6.10 Å². The van der Waals surface area contributed by atoms with Crippen LogP contribution < -0.4 is 4.74 Å². The molecule has 0 spiro atoms. The van der Waals surface area contributed by atoms with Gasteiger partial charge in [0.2, 0.25) is 0 Å². The molecule has 1 aliphatic rings. The smallest absolute Gasteiger partial charge is 0.119 e. The van der Waals surface area contributed by atoms with E-state index in [1.165, 1.54) is 0 Å². The van der Waals surface area contributed by atoms with Crippen molar-refractivity contribution in [1.82, 2.24) is 0 Å². The maximum atomic E-state index is 10.7. The molecule has 0 aromatic heterocycles. The average Bonchev–Trinajstić information content (AvgIpc) is 2.72. The summed E-state index contributed by atoms with van der Waals surface area (Å²) in [6, 6.07) is 7.95. The number of benzene rings is 1. The van der Waals surface area contributed by atoms with E-state index in [4.69, 9.17) is 4.74 Å². The van der Waals surface area contributed by atoms with Crippen LogP contribution in [0.2, 0.25) is 0 Å². The highest BCUT2D eigenvalue weighted by Gasteiger charge is 2.37. The molecular formula is C16H24O2. The van der Waals surface area contributed by atoms with Gasteiger partial charge in [0, 0.05) is 0 Å². The molecule has 1 fully saturated rings. The third-order valence-corrected chi connectivity index (χ3v) is 3.93. The van der Waals surface area contributed by atoms with E-state index in [1.54, 1.807) is 0 Å². The summed E-state index contributed by atoms with van der Waals surface area (Å²) in [7, 11) is 0. The lowest BCUT2D eigenvalue weighted by Crippen LogP contribution is -2.21. The van der Waals surface area contributed by atoms with Gasteiger partial charge in [0.1, 0.15) is 5.75 Å². The lowest BCUT2D eigenvalue weighted by molar-refractivity contribution is 0.0397. The molecule has 1 aliphatic carbocycles. The van der Waals surface area contributed by atoms with Crippen molar-refractivity contribution in [1.29, 1.82) is 0 Å².